The Morgan fingerprint density at radius 1 is 1.29 bits per heavy atom. The van der Waals surface area contributed by atoms with Crippen molar-refractivity contribution in [2.45, 2.75) is 39.1 Å². The molecule has 0 aliphatic rings. The van der Waals surface area contributed by atoms with Crippen LogP contribution in [0.4, 0.5) is 13.2 Å². The number of carbonyl (C=O) groups is 1. The minimum Gasteiger partial charge on any atom is -0.379 e. The molecule has 2 heterocycles. The molecule has 2 aromatic heterocycles. The molecule has 0 bridgehead atoms. The molecule has 0 saturated carbocycles. The molecule has 0 aliphatic heterocycles. The molecule has 31 heavy (non-hydrogen) atoms. The van der Waals surface area contributed by atoms with Gasteiger partial charge in [0.05, 0.1) is 23.6 Å². The third-order valence-electron chi connectivity index (χ3n) is 4.38. The number of hydrogen-bond acceptors (Lipinski definition) is 5. The van der Waals surface area contributed by atoms with E-state index >= 15 is 0 Å². The van der Waals surface area contributed by atoms with Gasteiger partial charge in [-0.25, -0.2) is 9.67 Å². The number of aromatic nitrogens is 4. The Kier molecular flexibility index (Phi) is 6.74. The molecule has 0 aliphatic carbocycles. The molecule has 0 fully saturated rings. The van der Waals surface area contributed by atoms with E-state index in [4.69, 9.17) is 4.74 Å². The van der Waals surface area contributed by atoms with Gasteiger partial charge in [0.2, 0.25) is 5.91 Å². The maximum Gasteiger partial charge on any atom is 0.416 e. The van der Waals surface area contributed by atoms with Gasteiger partial charge >= 0.3 is 6.18 Å². The molecule has 3 rings (SSSR count). The topological polar surface area (TPSA) is 91.0 Å². The van der Waals surface area contributed by atoms with Crippen LogP contribution in [-0.2, 0) is 22.3 Å². The fourth-order valence-corrected chi connectivity index (χ4v) is 2.89. The van der Waals surface area contributed by atoms with Crippen molar-refractivity contribution in [3.05, 3.63) is 52.7 Å². The SMILES string of the molecule is CC(C)OCCCNC(=O)Cn1cnc2c(cnn2-c2cccc(C(F)(F)F)c2)c1=O. The van der Waals surface area contributed by atoms with Gasteiger partial charge in [0.1, 0.15) is 18.3 Å². The maximum absolute atomic E-state index is 13.0. The fraction of sp³-hybridized carbons (Fsp3) is 0.400. The molecule has 11 heteroatoms. The molecule has 0 atom stereocenters. The smallest absolute Gasteiger partial charge is 0.379 e. The lowest BCUT2D eigenvalue weighted by molar-refractivity contribution is -0.137. The Morgan fingerprint density at radius 2 is 2.06 bits per heavy atom. The Morgan fingerprint density at radius 3 is 2.77 bits per heavy atom. The third-order valence-corrected chi connectivity index (χ3v) is 4.38. The van der Waals surface area contributed by atoms with Crippen LogP contribution in [0.5, 0.6) is 0 Å². The molecule has 0 radical (unpaired) electrons. The van der Waals surface area contributed by atoms with Crippen LogP contribution < -0.4 is 10.9 Å². The van der Waals surface area contributed by atoms with Crippen molar-refractivity contribution in [1.82, 2.24) is 24.6 Å². The number of halogens is 3. The predicted molar refractivity (Wildman–Crippen MR) is 107 cm³/mol. The van der Waals surface area contributed by atoms with E-state index in [0.717, 1.165) is 21.4 Å². The molecule has 166 valence electrons. The van der Waals surface area contributed by atoms with E-state index < -0.39 is 17.3 Å². The minimum atomic E-state index is -4.51. The number of benzene rings is 1. The summed E-state index contributed by atoms with van der Waals surface area (Å²) in [5.41, 5.74) is -1.12. The molecule has 0 spiro atoms. The molecule has 0 unspecified atom stereocenters. The van der Waals surface area contributed by atoms with Crippen molar-refractivity contribution >= 4 is 16.9 Å². The first-order valence-electron chi connectivity index (χ1n) is 9.66. The average Bonchev–Trinajstić information content (AvgIpc) is 3.14. The number of nitrogens with one attached hydrogen (secondary N) is 1. The van der Waals surface area contributed by atoms with Crippen LogP contribution in [0.2, 0.25) is 0 Å². The van der Waals surface area contributed by atoms with Gasteiger partial charge in [0, 0.05) is 13.2 Å². The van der Waals surface area contributed by atoms with E-state index in [0.29, 0.717) is 19.6 Å². The highest BCUT2D eigenvalue weighted by molar-refractivity contribution is 5.77. The summed E-state index contributed by atoms with van der Waals surface area (Å²) in [5.74, 6) is -0.363. The van der Waals surface area contributed by atoms with E-state index in [2.05, 4.69) is 15.4 Å². The second-order valence-electron chi connectivity index (χ2n) is 7.14. The summed E-state index contributed by atoms with van der Waals surface area (Å²) in [7, 11) is 0. The van der Waals surface area contributed by atoms with Gasteiger partial charge in [-0.2, -0.15) is 18.3 Å². The van der Waals surface area contributed by atoms with Gasteiger partial charge in [-0.1, -0.05) is 6.07 Å². The summed E-state index contributed by atoms with van der Waals surface area (Å²) in [6, 6.07) is 4.56. The van der Waals surface area contributed by atoms with E-state index in [1.807, 2.05) is 13.8 Å². The Bertz CT molecular complexity index is 1120. The molecule has 0 saturated heterocycles. The fourth-order valence-electron chi connectivity index (χ4n) is 2.89. The summed E-state index contributed by atoms with van der Waals surface area (Å²) in [6.45, 7) is 4.53. The molecule has 1 N–H and O–H groups in total. The lowest BCUT2D eigenvalue weighted by atomic mass is 10.2. The highest BCUT2D eigenvalue weighted by atomic mass is 19.4. The highest BCUT2D eigenvalue weighted by Gasteiger charge is 2.30. The van der Waals surface area contributed by atoms with E-state index in [-0.39, 0.29) is 35.3 Å². The molecule has 1 amide bonds. The van der Waals surface area contributed by atoms with E-state index in [1.165, 1.54) is 24.7 Å². The first kappa shape index (κ1) is 22.5. The Labute approximate surface area is 175 Å². The van der Waals surface area contributed by atoms with Gasteiger partial charge in [-0.15, -0.1) is 0 Å². The number of fused-ring (bicyclic) bond motifs is 1. The van der Waals surface area contributed by atoms with Crippen molar-refractivity contribution in [1.29, 1.82) is 0 Å². The largest absolute Gasteiger partial charge is 0.416 e. The molecule has 1 aromatic carbocycles. The zero-order valence-corrected chi connectivity index (χ0v) is 17.0. The lowest BCUT2D eigenvalue weighted by Gasteiger charge is -2.10. The van der Waals surface area contributed by atoms with Crippen LogP contribution in [0.3, 0.4) is 0 Å². The van der Waals surface area contributed by atoms with Gasteiger partial charge < -0.3 is 10.1 Å². The number of carbonyl (C=O) groups excluding carboxylic acids is 1. The van der Waals surface area contributed by atoms with Crippen molar-refractivity contribution in [2.75, 3.05) is 13.2 Å². The van der Waals surface area contributed by atoms with Crippen molar-refractivity contribution in [3.63, 3.8) is 0 Å². The van der Waals surface area contributed by atoms with Crippen LogP contribution in [0.25, 0.3) is 16.7 Å². The second-order valence-corrected chi connectivity index (χ2v) is 7.14. The van der Waals surface area contributed by atoms with Gasteiger partial charge in [-0.05, 0) is 38.5 Å². The van der Waals surface area contributed by atoms with Crippen molar-refractivity contribution in [3.8, 4) is 5.69 Å². The Balaban J connectivity index is 1.75. The van der Waals surface area contributed by atoms with E-state index in [9.17, 15) is 22.8 Å². The van der Waals surface area contributed by atoms with Crippen molar-refractivity contribution < 1.29 is 22.7 Å². The highest BCUT2D eigenvalue weighted by Crippen LogP contribution is 2.30. The zero-order valence-electron chi connectivity index (χ0n) is 17.0. The third kappa shape index (κ3) is 5.48. The maximum atomic E-state index is 13.0. The first-order valence-corrected chi connectivity index (χ1v) is 9.66. The lowest BCUT2D eigenvalue weighted by Crippen LogP contribution is -2.33. The second kappa shape index (κ2) is 9.29. The molecule has 3 aromatic rings. The van der Waals surface area contributed by atoms with Crippen LogP contribution in [0.15, 0.2) is 41.6 Å². The number of hydrogen-bond donors (Lipinski definition) is 1. The Hall–Kier alpha value is -3.21. The van der Waals surface area contributed by atoms with Crippen LogP contribution in [-0.4, -0.2) is 44.5 Å². The number of rotatable bonds is 8. The van der Waals surface area contributed by atoms with Gasteiger partial charge in [-0.3, -0.25) is 14.2 Å². The van der Waals surface area contributed by atoms with Gasteiger partial charge in [0.25, 0.3) is 5.56 Å². The summed E-state index contributed by atoms with van der Waals surface area (Å²) >= 11 is 0. The predicted octanol–water partition coefficient (Wildman–Crippen LogP) is 2.53. The quantitative estimate of drug-likeness (QED) is 0.547. The van der Waals surface area contributed by atoms with Gasteiger partial charge in [0.15, 0.2) is 5.65 Å². The average molecular weight is 437 g/mol. The zero-order chi connectivity index (χ0) is 22.6. The molecule has 8 nitrogen and oxygen atoms in total. The number of alkyl halides is 3. The first-order chi connectivity index (χ1) is 14.7. The number of nitrogens with zero attached hydrogens (tertiary/aromatic N) is 4. The normalized spacial score (nSPS) is 11.9. The summed E-state index contributed by atoms with van der Waals surface area (Å²) < 4.78 is 46.6. The summed E-state index contributed by atoms with van der Waals surface area (Å²) in [4.78, 5) is 28.9. The summed E-state index contributed by atoms with van der Waals surface area (Å²) in [6.07, 6.45) is -1.35. The minimum absolute atomic E-state index is 0.0954. The monoisotopic (exact) mass is 437 g/mol. The van der Waals surface area contributed by atoms with Crippen LogP contribution >= 0.6 is 0 Å². The standard InChI is InChI=1S/C20H22F3N5O3/c1-13(2)31-8-4-7-24-17(29)11-27-12-25-18-16(19(27)30)10-26-28(18)15-6-3-5-14(9-15)20(21,22)23/h3,5-6,9-10,12-13H,4,7-8,11H2,1-2H3,(H,24,29). The van der Waals surface area contributed by atoms with E-state index in [1.54, 1.807) is 0 Å². The van der Waals surface area contributed by atoms with Crippen molar-refractivity contribution in [2.24, 2.45) is 0 Å². The number of ether oxygens (including phenoxy) is 1. The molecular formula is C20H22F3N5O3. The molecular weight excluding hydrogens is 415 g/mol. The van der Waals surface area contributed by atoms with Crippen LogP contribution in [0, 0.1) is 0 Å². The summed E-state index contributed by atoms with van der Waals surface area (Å²) in [5, 5.41) is 6.81. The number of amides is 1. The van der Waals surface area contributed by atoms with Crippen LogP contribution in [0.1, 0.15) is 25.8 Å².